The van der Waals surface area contributed by atoms with E-state index in [1.54, 1.807) is 22.9 Å². The number of thioether (sulfide) groups is 1. The van der Waals surface area contributed by atoms with Crippen LogP contribution in [-0.2, 0) is 15.3 Å². The summed E-state index contributed by atoms with van der Waals surface area (Å²) >= 11 is 1.35. The summed E-state index contributed by atoms with van der Waals surface area (Å²) in [6.07, 6.45) is 1.76. The molecule has 0 aliphatic carbocycles. The van der Waals surface area contributed by atoms with Crippen molar-refractivity contribution in [3.05, 3.63) is 82.8 Å². The predicted molar refractivity (Wildman–Crippen MR) is 123 cm³/mol. The lowest BCUT2D eigenvalue weighted by Gasteiger charge is -2.28. The summed E-state index contributed by atoms with van der Waals surface area (Å²) in [6, 6.07) is 15.9. The number of rotatable bonds is 8. The smallest absolute Gasteiger partial charge is 0.338 e. The van der Waals surface area contributed by atoms with Crippen LogP contribution in [0.2, 0.25) is 0 Å². The van der Waals surface area contributed by atoms with Crippen molar-refractivity contribution in [1.82, 2.24) is 14.8 Å². The molecule has 8 heteroatoms. The first-order valence-corrected chi connectivity index (χ1v) is 11.6. The molecule has 2 heterocycles. The van der Waals surface area contributed by atoms with Gasteiger partial charge in [0.25, 0.3) is 0 Å². The van der Waals surface area contributed by atoms with Crippen molar-refractivity contribution in [2.75, 3.05) is 11.9 Å². The number of esters is 1. The number of benzene rings is 2. The molecule has 2 aromatic carbocycles. The molecule has 0 radical (unpaired) electrons. The summed E-state index contributed by atoms with van der Waals surface area (Å²) < 4.78 is 21.2. The second-order valence-electron chi connectivity index (χ2n) is 7.51. The van der Waals surface area contributed by atoms with Crippen molar-refractivity contribution in [3.63, 3.8) is 0 Å². The summed E-state index contributed by atoms with van der Waals surface area (Å²) in [5, 5.41) is 8.35. The third-order valence-corrected chi connectivity index (χ3v) is 6.10. The van der Waals surface area contributed by atoms with Gasteiger partial charge < -0.3 is 10.1 Å². The average molecular weight is 453 g/mol. The van der Waals surface area contributed by atoms with E-state index in [-0.39, 0.29) is 11.8 Å². The van der Waals surface area contributed by atoms with Gasteiger partial charge in [-0.1, -0.05) is 73.6 Å². The number of aromatic nitrogens is 3. The molecule has 0 saturated heterocycles. The SMILES string of the molecule is CCCCOC(=O)C1=C(C)Nc2nc(SCc3ccccc3F)nn2C1c1ccccc1. The molecule has 0 fully saturated rings. The second-order valence-corrected chi connectivity index (χ2v) is 8.45. The van der Waals surface area contributed by atoms with Gasteiger partial charge in [0.2, 0.25) is 11.1 Å². The lowest BCUT2D eigenvalue weighted by atomic mass is 9.96. The molecule has 0 bridgehead atoms. The molecule has 1 aromatic heterocycles. The van der Waals surface area contributed by atoms with Crippen molar-refractivity contribution in [2.24, 2.45) is 0 Å². The molecule has 0 amide bonds. The Kier molecular flexibility index (Phi) is 6.90. The number of carbonyl (C=O) groups is 1. The molecule has 0 saturated carbocycles. The van der Waals surface area contributed by atoms with Crippen molar-refractivity contribution in [1.29, 1.82) is 0 Å². The monoisotopic (exact) mass is 452 g/mol. The van der Waals surface area contributed by atoms with Gasteiger partial charge in [-0.05, 0) is 30.5 Å². The number of fused-ring (bicyclic) bond motifs is 1. The van der Waals surface area contributed by atoms with Gasteiger partial charge >= 0.3 is 5.97 Å². The van der Waals surface area contributed by atoms with Crippen LogP contribution in [0.5, 0.6) is 0 Å². The topological polar surface area (TPSA) is 69.0 Å². The van der Waals surface area contributed by atoms with Gasteiger partial charge in [0, 0.05) is 11.4 Å². The fourth-order valence-electron chi connectivity index (χ4n) is 3.55. The van der Waals surface area contributed by atoms with Gasteiger partial charge in [-0.25, -0.2) is 13.9 Å². The van der Waals surface area contributed by atoms with Crippen molar-refractivity contribution in [3.8, 4) is 0 Å². The summed E-state index contributed by atoms with van der Waals surface area (Å²) in [4.78, 5) is 17.6. The Hall–Kier alpha value is -3.13. The maximum absolute atomic E-state index is 14.0. The van der Waals surface area contributed by atoms with E-state index in [9.17, 15) is 9.18 Å². The van der Waals surface area contributed by atoms with E-state index >= 15 is 0 Å². The predicted octanol–water partition coefficient (Wildman–Crippen LogP) is 5.34. The standard InChI is InChI=1S/C24H25FN4O2S/c1-3-4-14-31-22(30)20-16(2)26-23-27-24(32-15-18-12-8-9-13-19(18)25)28-29(23)21(20)17-10-6-5-7-11-17/h5-13,21H,3-4,14-15H2,1-2H3,(H,26,27,28). The van der Waals surface area contributed by atoms with E-state index < -0.39 is 6.04 Å². The number of nitrogens with one attached hydrogen (secondary N) is 1. The lowest BCUT2D eigenvalue weighted by Crippen LogP contribution is -2.29. The summed E-state index contributed by atoms with van der Waals surface area (Å²) in [5.41, 5.74) is 2.70. The highest BCUT2D eigenvalue weighted by Gasteiger charge is 2.35. The molecule has 1 aliphatic heterocycles. The van der Waals surface area contributed by atoms with E-state index in [0.717, 1.165) is 18.4 Å². The van der Waals surface area contributed by atoms with E-state index in [2.05, 4.69) is 22.3 Å². The Morgan fingerprint density at radius 3 is 2.69 bits per heavy atom. The van der Waals surface area contributed by atoms with Crippen molar-refractivity contribution >= 4 is 23.7 Å². The van der Waals surface area contributed by atoms with Crippen LogP contribution in [0.1, 0.15) is 43.9 Å². The number of hydrogen-bond acceptors (Lipinski definition) is 6. The molecule has 1 atom stereocenters. The second kappa shape index (κ2) is 9.99. The zero-order valence-electron chi connectivity index (χ0n) is 18.0. The zero-order chi connectivity index (χ0) is 22.5. The minimum atomic E-state index is -0.461. The quantitative estimate of drug-likeness (QED) is 0.283. The Labute approximate surface area is 190 Å². The van der Waals surface area contributed by atoms with E-state index in [1.807, 2.05) is 37.3 Å². The highest BCUT2D eigenvalue weighted by atomic mass is 32.2. The summed E-state index contributed by atoms with van der Waals surface area (Å²) in [7, 11) is 0. The normalized spacial score (nSPS) is 15.3. The van der Waals surface area contributed by atoms with Crippen LogP contribution < -0.4 is 5.32 Å². The molecular formula is C24H25FN4O2S. The molecule has 1 aliphatic rings. The van der Waals surface area contributed by atoms with Gasteiger partial charge in [0.1, 0.15) is 11.9 Å². The lowest BCUT2D eigenvalue weighted by molar-refractivity contribution is -0.139. The first-order chi connectivity index (χ1) is 15.6. The maximum Gasteiger partial charge on any atom is 0.338 e. The van der Waals surface area contributed by atoms with E-state index in [0.29, 0.717) is 40.3 Å². The van der Waals surface area contributed by atoms with Gasteiger partial charge in [0.05, 0.1) is 12.2 Å². The minimum Gasteiger partial charge on any atom is -0.462 e. The number of hydrogen-bond donors (Lipinski definition) is 1. The Morgan fingerprint density at radius 1 is 1.19 bits per heavy atom. The summed E-state index contributed by atoms with van der Waals surface area (Å²) in [6.45, 7) is 4.27. The number of unbranched alkanes of at least 4 members (excludes halogenated alkanes) is 1. The molecule has 3 aromatic rings. The maximum atomic E-state index is 14.0. The highest BCUT2D eigenvalue weighted by Crippen LogP contribution is 2.37. The highest BCUT2D eigenvalue weighted by molar-refractivity contribution is 7.98. The Bertz CT molecular complexity index is 1130. The fraction of sp³-hybridized carbons (Fsp3) is 0.292. The molecule has 0 spiro atoms. The number of nitrogens with zero attached hydrogens (tertiary/aromatic N) is 3. The molecule has 166 valence electrons. The molecular weight excluding hydrogens is 427 g/mol. The van der Waals surface area contributed by atoms with Crippen molar-refractivity contribution < 1.29 is 13.9 Å². The number of ether oxygens (including phenoxy) is 1. The van der Waals surface area contributed by atoms with Crippen LogP contribution in [0, 0.1) is 5.82 Å². The number of allylic oxidation sites excluding steroid dienone is 1. The molecule has 32 heavy (non-hydrogen) atoms. The Balaban J connectivity index is 1.64. The van der Waals surface area contributed by atoms with Gasteiger partial charge in [-0.15, -0.1) is 5.10 Å². The number of anilines is 1. The molecule has 4 rings (SSSR count). The third kappa shape index (κ3) is 4.70. The molecule has 1 unspecified atom stereocenters. The molecule has 6 nitrogen and oxygen atoms in total. The summed E-state index contributed by atoms with van der Waals surface area (Å²) in [5.74, 6) is 0.333. The molecule has 1 N–H and O–H groups in total. The third-order valence-electron chi connectivity index (χ3n) is 5.21. The van der Waals surface area contributed by atoms with Crippen LogP contribution in [0.3, 0.4) is 0 Å². The van der Waals surface area contributed by atoms with Gasteiger partial charge in [0.15, 0.2) is 0 Å². The Morgan fingerprint density at radius 2 is 1.94 bits per heavy atom. The van der Waals surface area contributed by atoms with Gasteiger partial charge in [-0.2, -0.15) is 4.98 Å². The van der Waals surface area contributed by atoms with E-state index in [1.165, 1.54) is 17.8 Å². The first kappa shape index (κ1) is 22.1. The average Bonchev–Trinajstić information content (AvgIpc) is 3.20. The fourth-order valence-corrected chi connectivity index (χ4v) is 4.36. The van der Waals surface area contributed by atoms with Crippen molar-refractivity contribution in [2.45, 2.75) is 43.6 Å². The van der Waals surface area contributed by atoms with Gasteiger partial charge in [-0.3, -0.25) is 0 Å². The first-order valence-electron chi connectivity index (χ1n) is 10.6. The minimum absolute atomic E-state index is 0.251. The van der Waals surface area contributed by atoms with Crippen LogP contribution in [0.25, 0.3) is 0 Å². The van der Waals surface area contributed by atoms with Crippen LogP contribution in [-0.4, -0.2) is 27.3 Å². The number of carbonyl (C=O) groups excluding carboxylic acids is 1. The van der Waals surface area contributed by atoms with E-state index in [4.69, 9.17) is 4.74 Å². The zero-order valence-corrected chi connectivity index (χ0v) is 18.9. The number of halogens is 1. The van der Waals surface area contributed by atoms with Crippen LogP contribution in [0.15, 0.2) is 71.0 Å². The van der Waals surface area contributed by atoms with Crippen LogP contribution >= 0.6 is 11.8 Å². The van der Waals surface area contributed by atoms with Crippen LogP contribution in [0.4, 0.5) is 10.3 Å². The largest absolute Gasteiger partial charge is 0.462 e.